The molecule has 1 N–H and O–H groups in total. The van der Waals surface area contributed by atoms with Gasteiger partial charge in [-0.1, -0.05) is 37.3 Å². The quantitative estimate of drug-likeness (QED) is 0.922. The summed E-state index contributed by atoms with van der Waals surface area (Å²) in [5, 5.41) is 3.68. The lowest BCUT2D eigenvalue weighted by molar-refractivity contribution is -0.115. The zero-order chi connectivity index (χ0) is 15.4. The number of nitrogens with zero attached hydrogens (tertiary/aromatic N) is 2. The van der Waals surface area contributed by atoms with Gasteiger partial charge in [-0.15, -0.1) is 11.3 Å². The van der Waals surface area contributed by atoms with E-state index in [-0.39, 0.29) is 5.91 Å². The number of fused-ring (bicyclic) bond motifs is 1. The number of hydrogen-bond acceptors (Lipinski definition) is 4. The standard InChI is InChI=1S/C17H21N3OS/c1-2-9-20-10-8-14-15(12-20)22-17(18-14)19-16(21)11-13-6-4-3-5-7-13/h3-7H,2,8-12H2,1H3,(H,18,19,21). The third kappa shape index (κ3) is 3.72. The molecule has 5 heteroatoms. The van der Waals surface area contributed by atoms with Crippen LogP contribution in [0.3, 0.4) is 0 Å². The van der Waals surface area contributed by atoms with Crippen molar-refractivity contribution in [2.24, 2.45) is 0 Å². The SMILES string of the molecule is CCCN1CCc2nc(NC(=O)Cc3ccccc3)sc2C1. The van der Waals surface area contributed by atoms with Crippen molar-refractivity contribution in [3.05, 3.63) is 46.5 Å². The highest BCUT2D eigenvalue weighted by Gasteiger charge is 2.20. The van der Waals surface area contributed by atoms with Crippen LogP contribution in [0.4, 0.5) is 5.13 Å². The number of aromatic nitrogens is 1. The molecule has 0 unspecified atom stereocenters. The van der Waals surface area contributed by atoms with Gasteiger partial charge in [0.1, 0.15) is 0 Å². The van der Waals surface area contributed by atoms with Gasteiger partial charge >= 0.3 is 0 Å². The first-order valence-corrected chi connectivity index (χ1v) is 8.61. The minimum Gasteiger partial charge on any atom is -0.302 e. The molecule has 1 aliphatic rings. The van der Waals surface area contributed by atoms with Crippen molar-refractivity contribution in [3.63, 3.8) is 0 Å². The van der Waals surface area contributed by atoms with E-state index in [0.717, 1.165) is 42.4 Å². The predicted octanol–water partition coefficient (Wildman–Crippen LogP) is 3.09. The molecule has 3 rings (SSSR count). The second-order valence-electron chi connectivity index (χ2n) is 5.63. The minimum absolute atomic E-state index is 0.00251. The van der Waals surface area contributed by atoms with E-state index in [9.17, 15) is 4.79 Å². The van der Waals surface area contributed by atoms with E-state index >= 15 is 0 Å². The maximum absolute atomic E-state index is 12.1. The molecule has 4 nitrogen and oxygen atoms in total. The van der Waals surface area contributed by atoms with Crippen LogP contribution in [-0.2, 0) is 24.2 Å². The number of carbonyl (C=O) groups is 1. The van der Waals surface area contributed by atoms with E-state index < -0.39 is 0 Å². The smallest absolute Gasteiger partial charge is 0.230 e. The van der Waals surface area contributed by atoms with Crippen LogP contribution >= 0.6 is 11.3 Å². The summed E-state index contributed by atoms with van der Waals surface area (Å²) in [5.74, 6) is 0.00251. The predicted molar refractivity (Wildman–Crippen MR) is 90.2 cm³/mol. The maximum Gasteiger partial charge on any atom is 0.230 e. The van der Waals surface area contributed by atoms with Gasteiger partial charge < -0.3 is 5.32 Å². The van der Waals surface area contributed by atoms with Crippen molar-refractivity contribution in [1.29, 1.82) is 0 Å². The summed E-state index contributed by atoms with van der Waals surface area (Å²) in [4.78, 5) is 20.4. The molecule has 1 aliphatic heterocycles. The molecule has 0 radical (unpaired) electrons. The van der Waals surface area contributed by atoms with E-state index in [1.807, 2.05) is 30.3 Å². The van der Waals surface area contributed by atoms with Gasteiger partial charge in [-0.25, -0.2) is 4.98 Å². The number of amides is 1. The summed E-state index contributed by atoms with van der Waals surface area (Å²) in [6.45, 7) is 5.38. The zero-order valence-corrected chi connectivity index (χ0v) is 13.7. The van der Waals surface area contributed by atoms with Crippen molar-refractivity contribution in [1.82, 2.24) is 9.88 Å². The zero-order valence-electron chi connectivity index (χ0n) is 12.8. The summed E-state index contributed by atoms with van der Waals surface area (Å²) in [6.07, 6.45) is 2.56. The number of anilines is 1. The molecular formula is C17H21N3OS. The van der Waals surface area contributed by atoms with Crippen LogP contribution in [0.1, 0.15) is 29.5 Å². The van der Waals surface area contributed by atoms with E-state index in [2.05, 4.69) is 22.1 Å². The molecule has 2 aromatic rings. The normalized spacial score (nSPS) is 14.6. The van der Waals surface area contributed by atoms with Crippen molar-refractivity contribution in [3.8, 4) is 0 Å². The Morgan fingerprint density at radius 2 is 2.18 bits per heavy atom. The van der Waals surface area contributed by atoms with Gasteiger partial charge in [-0.3, -0.25) is 9.69 Å². The lowest BCUT2D eigenvalue weighted by Crippen LogP contribution is -2.30. The van der Waals surface area contributed by atoms with Gasteiger partial charge in [0.25, 0.3) is 0 Å². The molecule has 0 aliphatic carbocycles. The molecule has 0 saturated carbocycles. The minimum atomic E-state index is 0.00251. The molecule has 0 bridgehead atoms. The Morgan fingerprint density at radius 1 is 1.36 bits per heavy atom. The van der Waals surface area contributed by atoms with Gasteiger partial charge in [-0.05, 0) is 18.5 Å². The maximum atomic E-state index is 12.1. The first-order valence-electron chi connectivity index (χ1n) is 7.79. The second-order valence-corrected chi connectivity index (χ2v) is 6.71. The average molecular weight is 315 g/mol. The second kappa shape index (κ2) is 7.03. The Hall–Kier alpha value is -1.72. The Balaban J connectivity index is 1.61. The van der Waals surface area contributed by atoms with E-state index in [0.29, 0.717) is 6.42 Å². The number of nitrogens with one attached hydrogen (secondary N) is 1. The van der Waals surface area contributed by atoms with Gasteiger partial charge in [0, 0.05) is 24.4 Å². The molecule has 116 valence electrons. The van der Waals surface area contributed by atoms with E-state index in [1.54, 1.807) is 11.3 Å². The summed E-state index contributed by atoms with van der Waals surface area (Å²) in [5.41, 5.74) is 2.18. The molecule has 0 spiro atoms. The first-order chi connectivity index (χ1) is 10.7. The fourth-order valence-corrected chi connectivity index (χ4v) is 3.82. The molecule has 0 atom stereocenters. The first kappa shape index (κ1) is 15.2. The fraction of sp³-hybridized carbons (Fsp3) is 0.412. The summed E-state index contributed by atoms with van der Waals surface area (Å²) >= 11 is 1.62. The summed E-state index contributed by atoms with van der Waals surface area (Å²) in [6, 6.07) is 9.79. The van der Waals surface area contributed by atoms with Crippen molar-refractivity contribution in [2.75, 3.05) is 18.4 Å². The van der Waals surface area contributed by atoms with Crippen molar-refractivity contribution >= 4 is 22.4 Å². The molecule has 2 heterocycles. The number of thiazole rings is 1. The highest BCUT2D eigenvalue weighted by atomic mass is 32.1. The molecule has 22 heavy (non-hydrogen) atoms. The van der Waals surface area contributed by atoms with Crippen LogP contribution in [0.2, 0.25) is 0 Å². The number of rotatable bonds is 5. The van der Waals surface area contributed by atoms with Crippen molar-refractivity contribution < 1.29 is 4.79 Å². The monoisotopic (exact) mass is 315 g/mol. The third-order valence-electron chi connectivity index (χ3n) is 3.80. The fourth-order valence-electron chi connectivity index (χ4n) is 2.75. The Labute approximate surface area is 135 Å². The molecular weight excluding hydrogens is 294 g/mol. The number of hydrogen-bond donors (Lipinski definition) is 1. The molecule has 1 amide bonds. The molecule has 0 fully saturated rings. The Kier molecular flexibility index (Phi) is 4.85. The van der Waals surface area contributed by atoms with Crippen LogP contribution in [-0.4, -0.2) is 28.9 Å². The summed E-state index contributed by atoms with van der Waals surface area (Å²) < 4.78 is 0. The largest absolute Gasteiger partial charge is 0.302 e. The molecule has 1 aromatic carbocycles. The molecule has 0 saturated heterocycles. The Bertz CT molecular complexity index is 639. The lowest BCUT2D eigenvalue weighted by atomic mass is 10.1. The third-order valence-corrected chi connectivity index (χ3v) is 4.80. The van der Waals surface area contributed by atoms with Gasteiger partial charge in [0.15, 0.2) is 5.13 Å². The molecule has 1 aromatic heterocycles. The van der Waals surface area contributed by atoms with E-state index in [1.165, 1.54) is 11.3 Å². The highest BCUT2D eigenvalue weighted by molar-refractivity contribution is 7.15. The average Bonchev–Trinajstić information content (AvgIpc) is 2.89. The number of benzene rings is 1. The van der Waals surface area contributed by atoms with Gasteiger partial charge in [0.05, 0.1) is 12.1 Å². The van der Waals surface area contributed by atoms with Crippen molar-refractivity contribution in [2.45, 2.75) is 32.7 Å². The van der Waals surface area contributed by atoms with Crippen LogP contribution in [0.5, 0.6) is 0 Å². The van der Waals surface area contributed by atoms with Crippen LogP contribution < -0.4 is 5.32 Å². The summed E-state index contributed by atoms with van der Waals surface area (Å²) in [7, 11) is 0. The number of carbonyl (C=O) groups excluding carboxylic acids is 1. The van der Waals surface area contributed by atoms with Crippen LogP contribution in [0, 0.1) is 0 Å². The highest BCUT2D eigenvalue weighted by Crippen LogP contribution is 2.28. The van der Waals surface area contributed by atoms with Gasteiger partial charge in [-0.2, -0.15) is 0 Å². The topological polar surface area (TPSA) is 45.2 Å². The lowest BCUT2D eigenvalue weighted by Gasteiger charge is -2.24. The Morgan fingerprint density at radius 3 is 2.95 bits per heavy atom. The van der Waals surface area contributed by atoms with Crippen LogP contribution in [0.25, 0.3) is 0 Å². The van der Waals surface area contributed by atoms with E-state index in [4.69, 9.17) is 0 Å². The van der Waals surface area contributed by atoms with Gasteiger partial charge in [0.2, 0.25) is 5.91 Å². The van der Waals surface area contributed by atoms with Crippen LogP contribution in [0.15, 0.2) is 30.3 Å².